The Labute approximate surface area is 117 Å². The van der Waals surface area contributed by atoms with Gasteiger partial charge in [-0.1, -0.05) is 30.3 Å². The van der Waals surface area contributed by atoms with E-state index in [1.165, 1.54) is 18.5 Å². The second-order valence-electron chi connectivity index (χ2n) is 5.80. The van der Waals surface area contributed by atoms with Crippen molar-refractivity contribution in [1.29, 1.82) is 0 Å². The topological polar surface area (TPSA) is 18.5 Å². The zero-order chi connectivity index (χ0) is 13.7. The summed E-state index contributed by atoms with van der Waals surface area (Å²) in [6.45, 7) is 6.87. The molecule has 1 aromatic carbocycles. The number of likely N-dealkylation sites (N-methyl/N-ethyl adjacent to an activating group) is 1. The van der Waals surface area contributed by atoms with Crippen LogP contribution in [0.1, 0.15) is 24.9 Å². The third kappa shape index (κ3) is 4.03. The monoisotopic (exact) mass is 261 g/mol. The Hall–Kier alpha value is -0.900. The largest absolute Gasteiger partial charge is 0.315 e. The predicted molar refractivity (Wildman–Crippen MR) is 81.4 cm³/mol. The summed E-state index contributed by atoms with van der Waals surface area (Å²) < 4.78 is 0. The van der Waals surface area contributed by atoms with Crippen molar-refractivity contribution in [3.05, 3.63) is 35.9 Å². The third-order valence-corrected chi connectivity index (χ3v) is 3.97. The van der Waals surface area contributed by atoms with Gasteiger partial charge in [0.25, 0.3) is 0 Å². The molecule has 1 fully saturated rings. The maximum atomic E-state index is 3.57. The summed E-state index contributed by atoms with van der Waals surface area (Å²) in [5, 5.41) is 3.57. The Morgan fingerprint density at radius 2 is 2.05 bits per heavy atom. The van der Waals surface area contributed by atoms with Crippen LogP contribution in [0.5, 0.6) is 0 Å². The molecular weight excluding hydrogens is 234 g/mol. The fourth-order valence-electron chi connectivity index (χ4n) is 2.98. The van der Waals surface area contributed by atoms with Crippen molar-refractivity contribution < 1.29 is 0 Å². The maximum absolute atomic E-state index is 3.57. The summed E-state index contributed by atoms with van der Waals surface area (Å²) in [5.74, 6) is 0. The Morgan fingerprint density at radius 1 is 1.32 bits per heavy atom. The lowest BCUT2D eigenvalue weighted by atomic mass is 10.0. The summed E-state index contributed by atoms with van der Waals surface area (Å²) in [6.07, 6.45) is 1.24. The van der Waals surface area contributed by atoms with Crippen LogP contribution in [0.2, 0.25) is 0 Å². The molecule has 1 aliphatic heterocycles. The lowest BCUT2D eigenvalue weighted by Crippen LogP contribution is -2.46. The van der Waals surface area contributed by atoms with Crippen LogP contribution in [0.25, 0.3) is 0 Å². The van der Waals surface area contributed by atoms with Crippen LogP contribution in [0.15, 0.2) is 30.3 Å². The van der Waals surface area contributed by atoms with Crippen molar-refractivity contribution >= 4 is 0 Å². The zero-order valence-electron chi connectivity index (χ0n) is 12.5. The van der Waals surface area contributed by atoms with E-state index in [0.717, 1.165) is 19.6 Å². The summed E-state index contributed by atoms with van der Waals surface area (Å²) >= 11 is 0. The van der Waals surface area contributed by atoms with Crippen molar-refractivity contribution in [3.8, 4) is 0 Å². The van der Waals surface area contributed by atoms with E-state index in [4.69, 9.17) is 0 Å². The van der Waals surface area contributed by atoms with E-state index in [1.807, 2.05) is 0 Å². The fraction of sp³-hybridized carbons (Fsp3) is 0.625. The molecule has 0 spiro atoms. The molecule has 0 radical (unpaired) electrons. The highest BCUT2D eigenvalue weighted by Crippen LogP contribution is 2.23. The Balaban J connectivity index is 2.12. The number of benzene rings is 1. The summed E-state index contributed by atoms with van der Waals surface area (Å²) in [6, 6.07) is 12.0. The average Bonchev–Trinajstić information content (AvgIpc) is 2.64. The van der Waals surface area contributed by atoms with E-state index in [9.17, 15) is 0 Å². The van der Waals surface area contributed by atoms with Crippen LogP contribution in [0, 0.1) is 0 Å². The number of hydrogen-bond donors (Lipinski definition) is 1. The SMILES string of the molecule is CC(c1ccccc1)N1CCCNCC1CN(C)C. The van der Waals surface area contributed by atoms with Crippen LogP contribution in [0.3, 0.4) is 0 Å². The molecule has 1 heterocycles. The van der Waals surface area contributed by atoms with Crippen LogP contribution < -0.4 is 5.32 Å². The molecule has 106 valence electrons. The van der Waals surface area contributed by atoms with Gasteiger partial charge in [0.2, 0.25) is 0 Å². The van der Waals surface area contributed by atoms with E-state index >= 15 is 0 Å². The van der Waals surface area contributed by atoms with E-state index in [2.05, 4.69) is 66.5 Å². The lowest BCUT2D eigenvalue weighted by molar-refractivity contribution is 0.128. The number of hydrogen-bond acceptors (Lipinski definition) is 3. The highest BCUT2D eigenvalue weighted by molar-refractivity contribution is 5.18. The second-order valence-corrected chi connectivity index (χ2v) is 5.80. The van der Waals surface area contributed by atoms with Gasteiger partial charge in [-0.3, -0.25) is 4.90 Å². The molecule has 3 nitrogen and oxygen atoms in total. The highest BCUT2D eigenvalue weighted by Gasteiger charge is 2.26. The van der Waals surface area contributed by atoms with Gasteiger partial charge in [0, 0.05) is 31.7 Å². The second kappa shape index (κ2) is 7.04. The number of nitrogens with one attached hydrogen (secondary N) is 1. The first-order chi connectivity index (χ1) is 9.18. The molecule has 1 saturated heterocycles. The van der Waals surface area contributed by atoms with Gasteiger partial charge in [0.15, 0.2) is 0 Å². The van der Waals surface area contributed by atoms with Gasteiger partial charge < -0.3 is 10.2 Å². The van der Waals surface area contributed by atoms with Crippen LogP contribution in [0.4, 0.5) is 0 Å². The van der Waals surface area contributed by atoms with Crippen LogP contribution in [-0.4, -0.2) is 56.1 Å². The average molecular weight is 261 g/mol. The van der Waals surface area contributed by atoms with Gasteiger partial charge in [-0.05, 0) is 39.5 Å². The Morgan fingerprint density at radius 3 is 2.74 bits per heavy atom. The molecule has 0 amide bonds. The molecule has 19 heavy (non-hydrogen) atoms. The first kappa shape index (κ1) is 14.5. The van der Waals surface area contributed by atoms with Gasteiger partial charge in [-0.2, -0.15) is 0 Å². The highest BCUT2D eigenvalue weighted by atomic mass is 15.2. The fourth-order valence-corrected chi connectivity index (χ4v) is 2.98. The Kier molecular flexibility index (Phi) is 5.37. The normalized spacial score (nSPS) is 23.3. The number of nitrogens with zero attached hydrogens (tertiary/aromatic N) is 2. The molecule has 1 N–H and O–H groups in total. The van der Waals surface area contributed by atoms with Crippen molar-refractivity contribution in [2.24, 2.45) is 0 Å². The molecule has 0 bridgehead atoms. The van der Waals surface area contributed by atoms with Crippen molar-refractivity contribution in [1.82, 2.24) is 15.1 Å². The smallest absolute Gasteiger partial charge is 0.0353 e. The maximum Gasteiger partial charge on any atom is 0.0353 e. The van der Waals surface area contributed by atoms with Crippen molar-refractivity contribution in [2.75, 3.05) is 40.3 Å². The summed E-state index contributed by atoms with van der Waals surface area (Å²) in [4.78, 5) is 4.96. The van der Waals surface area contributed by atoms with Crippen molar-refractivity contribution in [2.45, 2.75) is 25.4 Å². The van der Waals surface area contributed by atoms with E-state index in [0.29, 0.717) is 12.1 Å². The van der Waals surface area contributed by atoms with Gasteiger partial charge >= 0.3 is 0 Å². The van der Waals surface area contributed by atoms with Crippen LogP contribution >= 0.6 is 0 Å². The molecular formula is C16H27N3. The molecule has 2 atom stereocenters. The molecule has 1 aliphatic rings. The lowest BCUT2D eigenvalue weighted by Gasteiger charge is -2.36. The minimum atomic E-state index is 0.492. The van der Waals surface area contributed by atoms with E-state index in [-0.39, 0.29) is 0 Å². The number of rotatable bonds is 4. The first-order valence-corrected chi connectivity index (χ1v) is 7.34. The van der Waals surface area contributed by atoms with Gasteiger partial charge in [0.1, 0.15) is 0 Å². The Bertz CT molecular complexity index is 364. The zero-order valence-corrected chi connectivity index (χ0v) is 12.5. The molecule has 0 saturated carbocycles. The quantitative estimate of drug-likeness (QED) is 0.894. The molecule has 0 aliphatic carbocycles. The van der Waals surface area contributed by atoms with E-state index < -0.39 is 0 Å². The molecule has 2 unspecified atom stereocenters. The minimum Gasteiger partial charge on any atom is -0.315 e. The summed E-state index contributed by atoms with van der Waals surface area (Å²) in [7, 11) is 4.33. The minimum absolute atomic E-state index is 0.492. The van der Waals surface area contributed by atoms with Crippen molar-refractivity contribution in [3.63, 3.8) is 0 Å². The molecule has 1 aromatic rings. The molecule has 3 heteroatoms. The van der Waals surface area contributed by atoms with Gasteiger partial charge in [-0.15, -0.1) is 0 Å². The first-order valence-electron chi connectivity index (χ1n) is 7.34. The molecule has 2 rings (SSSR count). The predicted octanol–water partition coefficient (Wildman–Crippen LogP) is 1.97. The molecule has 0 aromatic heterocycles. The van der Waals surface area contributed by atoms with Gasteiger partial charge in [0.05, 0.1) is 0 Å². The standard InChI is InChI=1S/C16H27N3/c1-14(15-8-5-4-6-9-15)19-11-7-10-17-12-16(19)13-18(2)3/h4-6,8-9,14,16-17H,7,10-13H2,1-3H3. The van der Waals surface area contributed by atoms with Gasteiger partial charge in [-0.25, -0.2) is 0 Å². The summed E-state index contributed by atoms with van der Waals surface area (Å²) in [5.41, 5.74) is 1.42. The van der Waals surface area contributed by atoms with E-state index in [1.54, 1.807) is 0 Å². The third-order valence-electron chi connectivity index (χ3n) is 3.97. The van der Waals surface area contributed by atoms with Crippen LogP contribution in [-0.2, 0) is 0 Å².